The smallest absolute Gasteiger partial charge is 0.279 e. The molecule has 0 saturated carbocycles. The molecule has 150 valence electrons. The van der Waals surface area contributed by atoms with Gasteiger partial charge >= 0.3 is 0 Å². The van der Waals surface area contributed by atoms with Crippen LogP contribution in [0.3, 0.4) is 0 Å². The highest BCUT2D eigenvalue weighted by Crippen LogP contribution is 2.36. The van der Waals surface area contributed by atoms with Crippen LogP contribution in [0.4, 0.5) is 5.95 Å². The molecular weight excluding hydrogens is 378 g/mol. The monoisotopic (exact) mass is 397 g/mol. The summed E-state index contributed by atoms with van der Waals surface area (Å²) >= 11 is 0. The first kappa shape index (κ1) is 19.7. The van der Waals surface area contributed by atoms with Gasteiger partial charge in [0.2, 0.25) is 11.7 Å². The number of anilines is 1. The number of aromatic amines is 1. The lowest BCUT2D eigenvalue weighted by Gasteiger charge is -2.09. The fraction of sp³-hybridized carbons (Fsp3) is 0.158. The number of phenols is 1. The number of benzene rings is 2. The van der Waals surface area contributed by atoms with Gasteiger partial charge in [-0.05, 0) is 36.4 Å². The summed E-state index contributed by atoms with van der Waals surface area (Å²) in [5, 5.41) is 21.8. The Labute approximate surface area is 165 Å². The quantitative estimate of drug-likeness (QED) is 0.408. The van der Waals surface area contributed by atoms with E-state index < -0.39 is 5.56 Å². The number of rotatable bonds is 7. The summed E-state index contributed by atoms with van der Waals surface area (Å²) < 4.78 is 15.3. The van der Waals surface area contributed by atoms with Crippen molar-refractivity contribution in [3.63, 3.8) is 0 Å². The fourth-order valence-electron chi connectivity index (χ4n) is 2.48. The number of hydrogen-bond acceptors (Lipinski definition) is 9. The first-order valence-electron chi connectivity index (χ1n) is 8.41. The highest BCUT2D eigenvalue weighted by molar-refractivity contribution is 5.82. The van der Waals surface area contributed by atoms with Gasteiger partial charge in [0, 0.05) is 11.1 Å². The number of nitrogens with one attached hydrogen (secondary N) is 2. The van der Waals surface area contributed by atoms with Gasteiger partial charge in [0.25, 0.3) is 5.56 Å². The van der Waals surface area contributed by atoms with Crippen molar-refractivity contribution in [3.05, 3.63) is 52.3 Å². The van der Waals surface area contributed by atoms with E-state index in [1.807, 2.05) is 0 Å². The number of ether oxygens (including phenoxy) is 3. The molecule has 0 atom stereocenters. The zero-order chi connectivity index (χ0) is 20.8. The Kier molecular flexibility index (Phi) is 5.93. The van der Waals surface area contributed by atoms with Gasteiger partial charge < -0.3 is 19.3 Å². The minimum Gasteiger partial charge on any atom is -0.502 e. The Morgan fingerprint density at radius 2 is 1.69 bits per heavy atom. The lowest BCUT2D eigenvalue weighted by molar-refractivity contribution is 0.340. The van der Waals surface area contributed by atoms with Crippen LogP contribution in [0.15, 0.2) is 46.3 Å². The van der Waals surface area contributed by atoms with Gasteiger partial charge in [0.05, 0.1) is 27.5 Å². The van der Waals surface area contributed by atoms with Crippen molar-refractivity contribution in [1.29, 1.82) is 0 Å². The summed E-state index contributed by atoms with van der Waals surface area (Å²) in [5.41, 5.74) is 3.55. The first-order valence-corrected chi connectivity index (χ1v) is 8.41. The Morgan fingerprint density at radius 1 is 1.03 bits per heavy atom. The third-order valence-electron chi connectivity index (χ3n) is 3.95. The van der Waals surface area contributed by atoms with E-state index in [1.54, 1.807) is 43.5 Å². The number of aromatic hydroxyl groups is 1. The highest BCUT2D eigenvalue weighted by atomic mass is 16.5. The predicted molar refractivity (Wildman–Crippen MR) is 107 cm³/mol. The van der Waals surface area contributed by atoms with Crippen LogP contribution in [0, 0.1) is 0 Å². The molecule has 3 aromatic rings. The van der Waals surface area contributed by atoms with Gasteiger partial charge in [-0.2, -0.15) is 5.10 Å². The van der Waals surface area contributed by atoms with Gasteiger partial charge in [-0.25, -0.2) is 5.43 Å². The van der Waals surface area contributed by atoms with Crippen molar-refractivity contribution < 1.29 is 19.3 Å². The van der Waals surface area contributed by atoms with Crippen LogP contribution < -0.4 is 25.2 Å². The Balaban J connectivity index is 1.76. The standard InChI is InChI=1S/C19H19N5O5/c1-27-13-6-4-12(5-7-13)16-18(26)21-19(24-22-16)23-20-10-11-8-14(28-2)17(25)15(9-11)29-3/h4-10,25H,1-3H3,(H2,21,23,24,26)/b20-10+. The third kappa shape index (κ3) is 4.43. The van der Waals surface area contributed by atoms with Gasteiger partial charge in [-0.1, -0.05) is 0 Å². The molecule has 0 aliphatic rings. The maximum Gasteiger partial charge on any atom is 0.279 e. The molecule has 1 aromatic heterocycles. The maximum atomic E-state index is 12.3. The average molecular weight is 397 g/mol. The van der Waals surface area contributed by atoms with Crippen molar-refractivity contribution in [2.75, 3.05) is 26.8 Å². The van der Waals surface area contributed by atoms with Gasteiger partial charge in [0.15, 0.2) is 17.2 Å². The maximum absolute atomic E-state index is 12.3. The Bertz CT molecular complexity index is 1050. The lowest BCUT2D eigenvalue weighted by atomic mass is 10.1. The molecule has 0 radical (unpaired) electrons. The van der Waals surface area contributed by atoms with E-state index in [1.165, 1.54) is 20.4 Å². The molecule has 10 nitrogen and oxygen atoms in total. The molecule has 0 amide bonds. The number of H-pyrrole nitrogens is 1. The molecule has 0 aliphatic carbocycles. The molecule has 0 unspecified atom stereocenters. The molecule has 0 saturated heterocycles. The van der Waals surface area contributed by atoms with E-state index in [2.05, 4.69) is 25.7 Å². The van der Waals surface area contributed by atoms with E-state index >= 15 is 0 Å². The van der Waals surface area contributed by atoms with E-state index in [0.717, 1.165) is 0 Å². The minimum absolute atomic E-state index is 0.0706. The number of hydrogen-bond donors (Lipinski definition) is 3. The molecular formula is C19H19N5O5. The third-order valence-corrected chi connectivity index (χ3v) is 3.95. The highest BCUT2D eigenvalue weighted by Gasteiger charge is 2.10. The van der Waals surface area contributed by atoms with E-state index in [-0.39, 0.29) is 28.9 Å². The number of hydrazone groups is 1. The van der Waals surface area contributed by atoms with E-state index in [9.17, 15) is 9.90 Å². The number of phenolic OH excluding ortho intramolecular Hbond substituents is 1. The molecule has 29 heavy (non-hydrogen) atoms. The summed E-state index contributed by atoms with van der Waals surface area (Å²) in [4.78, 5) is 14.9. The van der Waals surface area contributed by atoms with Crippen molar-refractivity contribution in [2.45, 2.75) is 0 Å². The zero-order valence-electron chi connectivity index (χ0n) is 16.0. The SMILES string of the molecule is COc1ccc(-c2nnc(N/N=C/c3cc(OC)c(O)c(OC)c3)[nH]c2=O)cc1. The van der Waals surface area contributed by atoms with Crippen LogP contribution in [0.2, 0.25) is 0 Å². The second kappa shape index (κ2) is 8.74. The molecule has 3 rings (SSSR count). The van der Waals surface area contributed by atoms with Crippen molar-refractivity contribution in [2.24, 2.45) is 5.10 Å². The average Bonchev–Trinajstić information content (AvgIpc) is 2.75. The zero-order valence-corrected chi connectivity index (χ0v) is 16.0. The predicted octanol–water partition coefficient (Wildman–Crippen LogP) is 2.01. The summed E-state index contributed by atoms with van der Waals surface area (Å²) in [6, 6.07) is 10.0. The molecule has 0 fully saturated rings. The van der Waals surface area contributed by atoms with Crippen molar-refractivity contribution in [1.82, 2.24) is 15.2 Å². The minimum atomic E-state index is -0.421. The summed E-state index contributed by atoms with van der Waals surface area (Å²) in [7, 11) is 4.42. The number of methoxy groups -OCH3 is 3. The summed E-state index contributed by atoms with van der Waals surface area (Å²) in [5.74, 6) is 1.12. The molecule has 2 aromatic carbocycles. The second-order valence-corrected chi connectivity index (χ2v) is 5.72. The normalized spacial score (nSPS) is 10.7. The summed E-state index contributed by atoms with van der Waals surface area (Å²) in [6.45, 7) is 0. The number of nitrogens with zero attached hydrogens (tertiary/aromatic N) is 3. The van der Waals surface area contributed by atoms with Gasteiger partial charge in [0.1, 0.15) is 5.75 Å². The largest absolute Gasteiger partial charge is 0.502 e. The lowest BCUT2D eigenvalue weighted by Crippen LogP contribution is -2.15. The van der Waals surface area contributed by atoms with Crippen LogP contribution >= 0.6 is 0 Å². The van der Waals surface area contributed by atoms with Gasteiger partial charge in [-0.15, -0.1) is 10.2 Å². The van der Waals surface area contributed by atoms with Crippen LogP contribution in [0.1, 0.15) is 5.56 Å². The fourth-order valence-corrected chi connectivity index (χ4v) is 2.48. The van der Waals surface area contributed by atoms with Crippen LogP contribution in [-0.2, 0) is 0 Å². The molecule has 0 bridgehead atoms. The molecule has 0 aliphatic heterocycles. The van der Waals surface area contributed by atoms with E-state index in [4.69, 9.17) is 14.2 Å². The topological polar surface area (TPSA) is 131 Å². The summed E-state index contributed by atoms with van der Waals surface area (Å²) in [6.07, 6.45) is 1.45. The van der Waals surface area contributed by atoms with Crippen molar-refractivity contribution in [3.8, 4) is 34.3 Å². The second-order valence-electron chi connectivity index (χ2n) is 5.72. The Hall–Kier alpha value is -4.08. The molecule has 3 N–H and O–H groups in total. The number of aromatic nitrogens is 3. The van der Waals surface area contributed by atoms with Crippen LogP contribution in [-0.4, -0.2) is 47.8 Å². The first-order chi connectivity index (χ1) is 14.0. The Morgan fingerprint density at radius 3 is 2.24 bits per heavy atom. The molecule has 0 spiro atoms. The van der Waals surface area contributed by atoms with Crippen LogP contribution in [0.25, 0.3) is 11.3 Å². The van der Waals surface area contributed by atoms with E-state index in [0.29, 0.717) is 16.9 Å². The van der Waals surface area contributed by atoms with Crippen LogP contribution in [0.5, 0.6) is 23.0 Å². The van der Waals surface area contributed by atoms with Crippen molar-refractivity contribution >= 4 is 12.2 Å². The molecule has 1 heterocycles. The van der Waals surface area contributed by atoms with Gasteiger partial charge in [-0.3, -0.25) is 9.78 Å². The molecule has 10 heteroatoms.